The van der Waals surface area contributed by atoms with E-state index in [0.29, 0.717) is 19.3 Å². The number of aliphatic hydroxyl groups excluding tert-OH is 2. The summed E-state index contributed by atoms with van der Waals surface area (Å²) in [6.07, 6.45) is 3.91. The molecule has 5 atom stereocenters. The molecule has 0 spiro atoms. The van der Waals surface area contributed by atoms with Gasteiger partial charge in [0, 0.05) is 24.7 Å². The summed E-state index contributed by atoms with van der Waals surface area (Å²) in [4.78, 5) is 10.5. The fourth-order valence-electron chi connectivity index (χ4n) is 3.81. The van der Waals surface area contributed by atoms with Gasteiger partial charge < -0.3 is 20.1 Å². The Morgan fingerprint density at radius 1 is 1.25 bits per heavy atom. The maximum absolute atomic E-state index is 12.8. The summed E-state index contributed by atoms with van der Waals surface area (Å²) < 4.78 is 43.9. The van der Waals surface area contributed by atoms with E-state index < -0.39 is 29.9 Å². The van der Waals surface area contributed by atoms with E-state index in [1.54, 1.807) is 0 Å². The van der Waals surface area contributed by atoms with Crippen molar-refractivity contribution < 1.29 is 38.0 Å². The average molecular weight is 457 g/mol. The second kappa shape index (κ2) is 12.1. The number of ether oxygens (including phenoxy) is 1. The molecule has 0 bridgehead atoms. The number of rotatable bonds is 11. The normalized spacial score (nSPS) is 24.9. The number of hydrogen-bond acceptors (Lipinski definition) is 4. The Balaban J connectivity index is 1.87. The van der Waals surface area contributed by atoms with Crippen LogP contribution in [0.1, 0.15) is 44.6 Å². The summed E-state index contributed by atoms with van der Waals surface area (Å²) in [5.74, 6) is -1.20. The second-order valence-corrected chi connectivity index (χ2v) is 8.30. The first-order valence-corrected chi connectivity index (χ1v) is 10.8. The first-order chi connectivity index (χ1) is 15.1. The standard InChI is InChI=1S/C24H31F3O5/c1-16(15-32-18-8-6-7-17(13-18)24(25,26)27)11-12-20-19(21(28)14-22(20)29)9-4-2-3-5-10-23(30)31/h2,4,6-8,11-13,16,19-22,28-29H,3,5,9-10,14-15H2,1H3,(H,30,31)/b4-2-,12-11+/t16-,19-,20-,21+,22-/m1/s1. The molecular weight excluding hydrogens is 425 g/mol. The lowest BCUT2D eigenvalue weighted by molar-refractivity contribution is -0.138. The van der Waals surface area contributed by atoms with Crippen molar-refractivity contribution in [2.75, 3.05) is 6.61 Å². The Hall–Kier alpha value is -2.32. The van der Waals surface area contributed by atoms with Crippen molar-refractivity contribution in [2.24, 2.45) is 17.8 Å². The maximum atomic E-state index is 12.8. The van der Waals surface area contributed by atoms with Crippen molar-refractivity contribution in [3.63, 3.8) is 0 Å². The monoisotopic (exact) mass is 456 g/mol. The van der Waals surface area contributed by atoms with Gasteiger partial charge in [0.25, 0.3) is 0 Å². The highest BCUT2D eigenvalue weighted by Crippen LogP contribution is 2.36. The van der Waals surface area contributed by atoms with E-state index in [1.165, 1.54) is 12.1 Å². The SMILES string of the molecule is C[C@H](/C=C/[C@@H]1[C@@H](C/C=C\CCCC(=O)O)[C@@H](O)C[C@H]1O)COc1cccc(C(F)(F)F)c1. The highest BCUT2D eigenvalue weighted by atomic mass is 19.4. The molecule has 0 aromatic heterocycles. The highest BCUT2D eigenvalue weighted by Gasteiger charge is 2.39. The zero-order valence-corrected chi connectivity index (χ0v) is 18.0. The van der Waals surface area contributed by atoms with Crippen molar-refractivity contribution in [1.29, 1.82) is 0 Å². The van der Waals surface area contributed by atoms with Crippen molar-refractivity contribution in [2.45, 2.75) is 57.4 Å². The van der Waals surface area contributed by atoms with Crippen LogP contribution in [0.25, 0.3) is 0 Å². The molecule has 2 rings (SSSR count). The summed E-state index contributed by atoms with van der Waals surface area (Å²) in [5, 5.41) is 29.3. The van der Waals surface area contributed by atoms with Gasteiger partial charge >= 0.3 is 12.1 Å². The number of carbonyl (C=O) groups is 1. The van der Waals surface area contributed by atoms with E-state index in [-0.39, 0.29) is 43.0 Å². The van der Waals surface area contributed by atoms with Gasteiger partial charge in [0.1, 0.15) is 5.75 Å². The highest BCUT2D eigenvalue weighted by molar-refractivity contribution is 5.66. The molecule has 1 saturated carbocycles. The first kappa shape index (κ1) is 25.9. The Morgan fingerprint density at radius 2 is 2.00 bits per heavy atom. The van der Waals surface area contributed by atoms with Gasteiger partial charge in [0.05, 0.1) is 24.4 Å². The van der Waals surface area contributed by atoms with E-state index in [1.807, 2.05) is 31.2 Å². The maximum Gasteiger partial charge on any atom is 0.416 e. The molecule has 0 aliphatic heterocycles. The smallest absolute Gasteiger partial charge is 0.416 e. The number of halogens is 3. The molecule has 0 saturated heterocycles. The molecule has 178 valence electrons. The van der Waals surface area contributed by atoms with E-state index in [9.17, 15) is 28.2 Å². The summed E-state index contributed by atoms with van der Waals surface area (Å²) in [6.45, 7) is 2.04. The van der Waals surface area contributed by atoms with Crippen LogP contribution in [-0.2, 0) is 11.0 Å². The van der Waals surface area contributed by atoms with Gasteiger partial charge in [-0.1, -0.05) is 37.3 Å². The Bertz CT molecular complexity index is 790. The summed E-state index contributed by atoms with van der Waals surface area (Å²) >= 11 is 0. The third-order valence-electron chi connectivity index (χ3n) is 5.59. The van der Waals surface area contributed by atoms with Crippen LogP contribution in [0.4, 0.5) is 13.2 Å². The van der Waals surface area contributed by atoms with E-state index in [0.717, 1.165) is 12.1 Å². The topological polar surface area (TPSA) is 87.0 Å². The Morgan fingerprint density at radius 3 is 2.69 bits per heavy atom. The quantitative estimate of drug-likeness (QED) is 0.328. The molecule has 1 fully saturated rings. The van der Waals surface area contributed by atoms with Crippen molar-refractivity contribution >= 4 is 5.97 Å². The molecule has 32 heavy (non-hydrogen) atoms. The van der Waals surface area contributed by atoms with E-state index >= 15 is 0 Å². The molecule has 5 nitrogen and oxygen atoms in total. The minimum absolute atomic E-state index is 0.110. The summed E-state index contributed by atoms with van der Waals surface area (Å²) in [7, 11) is 0. The van der Waals surface area contributed by atoms with Crippen molar-refractivity contribution in [3.05, 3.63) is 54.1 Å². The van der Waals surface area contributed by atoms with Crippen LogP contribution in [0.3, 0.4) is 0 Å². The minimum Gasteiger partial charge on any atom is -0.493 e. The fraction of sp³-hybridized carbons (Fsp3) is 0.542. The molecular formula is C24H31F3O5. The van der Waals surface area contributed by atoms with Crippen molar-refractivity contribution in [1.82, 2.24) is 0 Å². The molecule has 0 radical (unpaired) electrons. The molecule has 1 aromatic carbocycles. The van der Waals surface area contributed by atoms with Crippen LogP contribution in [0.15, 0.2) is 48.6 Å². The van der Waals surface area contributed by atoms with Crippen LogP contribution in [0.2, 0.25) is 0 Å². The van der Waals surface area contributed by atoms with Crippen LogP contribution >= 0.6 is 0 Å². The number of carboxylic acids is 1. The van der Waals surface area contributed by atoms with Gasteiger partial charge in [-0.2, -0.15) is 13.2 Å². The number of aliphatic hydroxyl groups is 2. The van der Waals surface area contributed by atoms with E-state index in [4.69, 9.17) is 9.84 Å². The zero-order chi connectivity index (χ0) is 23.7. The van der Waals surface area contributed by atoms with Gasteiger partial charge in [0.15, 0.2) is 0 Å². The number of alkyl halides is 3. The third-order valence-corrected chi connectivity index (χ3v) is 5.59. The molecule has 1 aliphatic rings. The molecule has 3 N–H and O–H groups in total. The third kappa shape index (κ3) is 8.31. The van der Waals surface area contributed by atoms with Crippen LogP contribution in [0.5, 0.6) is 5.75 Å². The lowest BCUT2D eigenvalue weighted by Crippen LogP contribution is -2.20. The lowest BCUT2D eigenvalue weighted by atomic mass is 9.89. The van der Waals surface area contributed by atoms with Gasteiger partial charge in [-0.15, -0.1) is 0 Å². The number of aliphatic carboxylic acids is 1. The van der Waals surface area contributed by atoms with Crippen molar-refractivity contribution in [3.8, 4) is 5.75 Å². The van der Waals surface area contributed by atoms with Crippen LogP contribution in [0, 0.1) is 17.8 Å². The Kier molecular flexibility index (Phi) is 9.78. The largest absolute Gasteiger partial charge is 0.493 e. The number of hydrogen-bond donors (Lipinski definition) is 3. The minimum atomic E-state index is -4.43. The Labute approximate surface area is 186 Å². The van der Waals surface area contributed by atoms with Gasteiger partial charge in [-0.05, 0) is 43.4 Å². The molecule has 0 amide bonds. The average Bonchev–Trinajstić information content (AvgIpc) is 2.99. The number of carboxylic acid groups (broad SMARTS) is 1. The van der Waals surface area contributed by atoms with Crippen LogP contribution in [-0.4, -0.2) is 40.1 Å². The number of allylic oxidation sites excluding steroid dienone is 2. The summed E-state index contributed by atoms with van der Waals surface area (Å²) in [6, 6.07) is 4.73. The predicted molar refractivity (Wildman–Crippen MR) is 114 cm³/mol. The lowest BCUT2D eigenvalue weighted by Gasteiger charge is -2.20. The van der Waals surface area contributed by atoms with E-state index in [2.05, 4.69) is 0 Å². The predicted octanol–water partition coefficient (Wildman–Crippen LogP) is 4.84. The molecule has 0 unspecified atom stereocenters. The zero-order valence-electron chi connectivity index (χ0n) is 18.0. The van der Waals surface area contributed by atoms with Gasteiger partial charge in [-0.3, -0.25) is 4.79 Å². The van der Waals surface area contributed by atoms with Crippen LogP contribution < -0.4 is 4.74 Å². The number of benzene rings is 1. The van der Waals surface area contributed by atoms with Gasteiger partial charge in [-0.25, -0.2) is 0 Å². The fourth-order valence-corrected chi connectivity index (χ4v) is 3.81. The molecule has 1 aliphatic carbocycles. The first-order valence-electron chi connectivity index (χ1n) is 10.8. The second-order valence-electron chi connectivity index (χ2n) is 8.30. The molecule has 8 heteroatoms. The number of unbranched alkanes of at least 4 members (excludes halogenated alkanes) is 1. The summed E-state index contributed by atoms with van der Waals surface area (Å²) in [5.41, 5.74) is -0.764. The van der Waals surface area contributed by atoms with Gasteiger partial charge in [0.2, 0.25) is 0 Å². The molecule has 0 heterocycles. The molecule has 1 aromatic rings.